The van der Waals surface area contributed by atoms with E-state index >= 15 is 0 Å². The quantitative estimate of drug-likeness (QED) is 0.855. The minimum Gasteiger partial charge on any atom is -0.497 e. The van der Waals surface area contributed by atoms with Gasteiger partial charge in [0.05, 0.1) is 7.11 Å². The number of aryl methyl sites for hydroxylation is 2. The number of amides is 1. The normalized spacial score (nSPS) is 11.6. The Morgan fingerprint density at radius 2 is 1.79 bits per heavy atom. The SMILES string of the molecule is COc1cccc(C[C@@H](NC(=O)c2cc(C)cc(C)c2)C(=O)O)c1. The third-order valence-electron chi connectivity index (χ3n) is 3.66. The Hall–Kier alpha value is -2.82. The zero-order chi connectivity index (χ0) is 17.7. The molecule has 5 heteroatoms. The lowest BCUT2D eigenvalue weighted by Crippen LogP contribution is -2.42. The molecule has 1 amide bonds. The number of carboxylic acid groups (broad SMARTS) is 1. The van der Waals surface area contributed by atoms with Crippen LogP contribution in [0.5, 0.6) is 5.75 Å². The molecule has 5 nitrogen and oxygen atoms in total. The molecule has 24 heavy (non-hydrogen) atoms. The standard InChI is InChI=1S/C19H21NO4/c1-12-7-13(2)9-15(8-12)18(21)20-17(19(22)23)11-14-5-4-6-16(10-14)24-3/h4-10,17H,11H2,1-3H3,(H,20,21)(H,22,23)/t17-/m1/s1. The van der Waals surface area contributed by atoms with E-state index in [9.17, 15) is 14.7 Å². The van der Waals surface area contributed by atoms with E-state index in [2.05, 4.69) is 5.32 Å². The van der Waals surface area contributed by atoms with Gasteiger partial charge in [-0.3, -0.25) is 4.79 Å². The van der Waals surface area contributed by atoms with Crippen LogP contribution in [0.25, 0.3) is 0 Å². The summed E-state index contributed by atoms with van der Waals surface area (Å²) < 4.78 is 5.14. The molecule has 1 atom stereocenters. The van der Waals surface area contributed by atoms with E-state index in [-0.39, 0.29) is 6.42 Å². The minimum absolute atomic E-state index is 0.184. The molecule has 2 N–H and O–H groups in total. The van der Waals surface area contributed by atoms with Gasteiger partial charge in [0, 0.05) is 12.0 Å². The molecule has 0 heterocycles. The zero-order valence-electron chi connectivity index (χ0n) is 14.0. The van der Waals surface area contributed by atoms with Crippen LogP contribution in [0.1, 0.15) is 27.0 Å². The third-order valence-corrected chi connectivity index (χ3v) is 3.66. The molecule has 0 aliphatic carbocycles. The maximum Gasteiger partial charge on any atom is 0.326 e. The fourth-order valence-electron chi connectivity index (χ4n) is 2.58. The predicted octanol–water partition coefficient (Wildman–Crippen LogP) is 2.74. The molecular weight excluding hydrogens is 306 g/mol. The maximum absolute atomic E-state index is 12.4. The number of rotatable bonds is 6. The van der Waals surface area contributed by atoms with Crippen LogP contribution in [-0.2, 0) is 11.2 Å². The van der Waals surface area contributed by atoms with Crippen molar-refractivity contribution < 1.29 is 19.4 Å². The van der Waals surface area contributed by atoms with Crippen LogP contribution in [0.15, 0.2) is 42.5 Å². The Balaban J connectivity index is 2.15. The molecule has 0 fully saturated rings. The van der Waals surface area contributed by atoms with E-state index < -0.39 is 17.9 Å². The summed E-state index contributed by atoms with van der Waals surface area (Å²) in [5.74, 6) is -0.815. The van der Waals surface area contributed by atoms with E-state index in [1.807, 2.05) is 19.9 Å². The number of aliphatic carboxylic acids is 1. The van der Waals surface area contributed by atoms with Gasteiger partial charge in [-0.05, 0) is 43.7 Å². The van der Waals surface area contributed by atoms with Crippen LogP contribution >= 0.6 is 0 Å². The molecule has 0 bridgehead atoms. The second-order valence-electron chi connectivity index (χ2n) is 5.80. The Morgan fingerprint density at radius 3 is 2.38 bits per heavy atom. The molecule has 0 radical (unpaired) electrons. The van der Waals surface area contributed by atoms with Crippen molar-refractivity contribution >= 4 is 11.9 Å². The summed E-state index contributed by atoms with van der Waals surface area (Å²) in [6, 6.07) is 11.6. The number of methoxy groups -OCH3 is 1. The highest BCUT2D eigenvalue weighted by molar-refractivity contribution is 5.97. The summed E-state index contributed by atoms with van der Waals surface area (Å²) in [7, 11) is 1.55. The molecule has 0 unspecified atom stereocenters. The van der Waals surface area contributed by atoms with E-state index in [4.69, 9.17) is 4.74 Å². The van der Waals surface area contributed by atoms with Crippen LogP contribution < -0.4 is 10.1 Å². The van der Waals surface area contributed by atoms with Crippen molar-refractivity contribution in [3.8, 4) is 5.75 Å². The number of ether oxygens (including phenoxy) is 1. The molecule has 0 saturated carbocycles. The molecule has 2 aromatic rings. The molecule has 126 valence electrons. The highest BCUT2D eigenvalue weighted by Gasteiger charge is 2.21. The van der Waals surface area contributed by atoms with Gasteiger partial charge in [0.25, 0.3) is 5.91 Å². The number of hydrogen-bond donors (Lipinski definition) is 2. The van der Waals surface area contributed by atoms with Crippen LogP contribution in [0, 0.1) is 13.8 Å². The summed E-state index contributed by atoms with van der Waals surface area (Å²) in [5, 5.41) is 12.0. The molecule has 0 aliphatic heterocycles. The summed E-state index contributed by atoms with van der Waals surface area (Å²) in [4.78, 5) is 23.9. The number of carbonyl (C=O) groups is 2. The van der Waals surface area contributed by atoms with Crippen LogP contribution in [0.3, 0.4) is 0 Å². The molecular formula is C19H21NO4. The van der Waals surface area contributed by atoms with Gasteiger partial charge in [-0.15, -0.1) is 0 Å². The number of carbonyl (C=O) groups excluding carboxylic acids is 1. The second-order valence-corrected chi connectivity index (χ2v) is 5.80. The smallest absolute Gasteiger partial charge is 0.326 e. The molecule has 0 aromatic heterocycles. The van der Waals surface area contributed by atoms with Crippen LogP contribution in [0.2, 0.25) is 0 Å². The molecule has 2 aromatic carbocycles. The van der Waals surface area contributed by atoms with Gasteiger partial charge in [-0.25, -0.2) is 4.79 Å². The first-order valence-corrected chi connectivity index (χ1v) is 7.64. The Bertz CT molecular complexity index is 735. The largest absolute Gasteiger partial charge is 0.497 e. The average molecular weight is 327 g/mol. The van der Waals surface area contributed by atoms with Crippen LogP contribution in [-0.4, -0.2) is 30.1 Å². The van der Waals surface area contributed by atoms with Gasteiger partial charge < -0.3 is 15.2 Å². The molecule has 2 rings (SSSR count). The van der Waals surface area contributed by atoms with Gasteiger partial charge in [-0.2, -0.15) is 0 Å². The second kappa shape index (κ2) is 7.64. The van der Waals surface area contributed by atoms with E-state index in [1.165, 1.54) is 0 Å². The van der Waals surface area contributed by atoms with Crippen LogP contribution in [0.4, 0.5) is 0 Å². The van der Waals surface area contributed by atoms with Gasteiger partial charge in [0.2, 0.25) is 0 Å². The fourth-order valence-corrected chi connectivity index (χ4v) is 2.58. The fraction of sp³-hybridized carbons (Fsp3) is 0.263. The van der Waals surface area contributed by atoms with Crippen molar-refractivity contribution in [1.29, 1.82) is 0 Å². The van der Waals surface area contributed by atoms with Crippen molar-refractivity contribution in [2.75, 3.05) is 7.11 Å². The maximum atomic E-state index is 12.4. The Kier molecular flexibility index (Phi) is 5.58. The predicted molar refractivity (Wildman–Crippen MR) is 91.5 cm³/mol. The third kappa shape index (κ3) is 4.59. The lowest BCUT2D eigenvalue weighted by molar-refractivity contribution is -0.139. The Morgan fingerprint density at radius 1 is 1.12 bits per heavy atom. The van der Waals surface area contributed by atoms with Crippen molar-refractivity contribution in [2.45, 2.75) is 26.3 Å². The molecule has 0 saturated heterocycles. The van der Waals surface area contributed by atoms with Crippen molar-refractivity contribution in [1.82, 2.24) is 5.32 Å². The molecule has 0 spiro atoms. The van der Waals surface area contributed by atoms with Crippen molar-refractivity contribution in [2.24, 2.45) is 0 Å². The number of nitrogens with one attached hydrogen (secondary N) is 1. The van der Waals surface area contributed by atoms with Crippen molar-refractivity contribution in [3.63, 3.8) is 0 Å². The zero-order valence-corrected chi connectivity index (χ0v) is 14.0. The number of benzene rings is 2. The monoisotopic (exact) mass is 327 g/mol. The highest BCUT2D eigenvalue weighted by atomic mass is 16.5. The summed E-state index contributed by atoms with van der Waals surface area (Å²) in [6.07, 6.45) is 0.184. The number of hydrogen-bond acceptors (Lipinski definition) is 3. The van der Waals surface area contributed by atoms with E-state index in [0.29, 0.717) is 11.3 Å². The topological polar surface area (TPSA) is 75.6 Å². The lowest BCUT2D eigenvalue weighted by Gasteiger charge is -2.15. The molecule has 0 aliphatic rings. The summed E-state index contributed by atoms with van der Waals surface area (Å²) >= 11 is 0. The van der Waals surface area contributed by atoms with Gasteiger partial charge in [0.1, 0.15) is 11.8 Å². The number of carboxylic acids is 1. The Labute approximate surface area is 141 Å². The first-order chi connectivity index (χ1) is 11.4. The lowest BCUT2D eigenvalue weighted by atomic mass is 10.0. The average Bonchev–Trinajstić information content (AvgIpc) is 2.53. The van der Waals surface area contributed by atoms with Gasteiger partial charge in [0.15, 0.2) is 0 Å². The summed E-state index contributed by atoms with van der Waals surface area (Å²) in [5.41, 5.74) is 3.16. The van der Waals surface area contributed by atoms with E-state index in [1.54, 1.807) is 43.5 Å². The first kappa shape index (κ1) is 17.5. The first-order valence-electron chi connectivity index (χ1n) is 7.64. The van der Waals surface area contributed by atoms with Gasteiger partial charge in [-0.1, -0.05) is 29.3 Å². The summed E-state index contributed by atoms with van der Waals surface area (Å²) in [6.45, 7) is 3.80. The van der Waals surface area contributed by atoms with Crippen molar-refractivity contribution in [3.05, 3.63) is 64.7 Å². The van der Waals surface area contributed by atoms with E-state index in [0.717, 1.165) is 16.7 Å². The minimum atomic E-state index is -1.07. The highest BCUT2D eigenvalue weighted by Crippen LogP contribution is 2.15. The van der Waals surface area contributed by atoms with Gasteiger partial charge >= 0.3 is 5.97 Å².